The minimum Gasteiger partial charge on any atom is -0.456 e. The van der Waals surface area contributed by atoms with Gasteiger partial charge in [-0.3, -0.25) is 0 Å². The lowest BCUT2D eigenvalue weighted by atomic mass is 10.1. The minimum absolute atomic E-state index is 0.479. The molecule has 0 spiro atoms. The van der Waals surface area contributed by atoms with Crippen molar-refractivity contribution in [1.29, 1.82) is 10.5 Å². The van der Waals surface area contributed by atoms with Crippen LogP contribution in [0.5, 0.6) is 11.5 Å². The molecule has 0 saturated carbocycles. The number of hydrogen-bond acceptors (Lipinski definition) is 3. The van der Waals surface area contributed by atoms with Crippen molar-refractivity contribution in [3.05, 3.63) is 58.7 Å². The Kier molecular flexibility index (Phi) is 3.50. The zero-order valence-corrected chi connectivity index (χ0v) is 10.8. The quantitative estimate of drug-likeness (QED) is 0.811. The number of rotatable bonds is 2. The van der Waals surface area contributed by atoms with Crippen LogP contribution < -0.4 is 4.74 Å². The molecule has 0 aliphatic carbocycles. The SMILES string of the molecule is Cc1ccc(C#N)c(Oc2cc(C#N)ccc2C)c1. The molecule has 0 bridgehead atoms. The first kappa shape index (κ1) is 12.7. The molecule has 2 aromatic carbocycles. The molecule has 3 nitrogen and oxygen atoms in total. The molecule has 0 heterocycles. The number of hydrogen-bond donors (Lipinski definition) is 0. The van der Waals surface area contributed by atoms with E-state index in [9.17, 15) is 0 Å². The highest BCUT2D eigenvalue weighted by molar-refractivity contribution is 5.49. The van der Waals surface area contributed by atoms with E-state index in [1.54, 1.807) is 18.2 Å². The van der Waals surface area contributed by atoms with Gasteiger partial charge in [0, 0.05) is 0 Å². The predicted octanol–water partition coefficient (Wildman–Crippen LogP) is 3.84. The molecule has 2 aromatic rings. The summed E-state index contributed by atoms with van der Waals surface area (Å²) in [5, 5.41) is 18.0. The summed E-state index contributed by atoms with van der Waals surface area (Å²) in [4.78, 5) is 0. The Morgan fingerprint density at radius 3 is 2.37 bits per heavy atom. The summed E-state index contributed by atoms with van der Waals surface area (Å²) >= 11 is 0. The third-order valence-electron chi connectivity index (χ3n) is 2.79. The van der Waals surface area contributed by atoms with Gasteiger partial charge in [0.05, 0.1) is 17.2 Å². The third kappa shape index (κ3) is 2.73. The van der Waals surface area contributed by atoms with Gasteiger partial charge in [0.2, 0.25) is 0 Å². The summed E-state index contributed by atoms with van der Waals surface area (Å²) in [5.41, 5.74) is 2.95. The Labute approximate surface area is 112 Å². The molecule has 0 radical (unpaired) electrons. The molecule has 92 valence electrons. The summed E-state index contributed by atoms with van der Waals surface area (Å²) in [6.45, 7) is 3.84. The predicted molar refractivity (Wildman–Crippen MR) is 71.9 cm³/mol. The van der Waals surface area contributed by atoms with Gasteiger partial charge >= 0.3 is 0 Å². The lowest BCUT2D eigenvalue weighted by Gasteiger charge is -2.10. The third-order valence-corrected chi connectivity index (χ3v) is 2.79. The molecule has 19 heavy (non-hydrogen) atoms. The second kappa shape index (κ2) is 5.25. The van der Waals surface area contributed by atoms with Crippen LogP contribution in [0.1, 0.15) is 22.3 Å². The van der Waals surface area contributed by atoms with Crippen molar-refractivity contribution >= 4 is 0 Å². The maximum Gasteiger partial charge on any atom is 0.145 e. The van der Waals surface area contributed by atoms with Gasteiger partial charge in [0.15, 0.2) is 0 Å². The Bertz CT molecular complexity index is 706. The standard InChI is InChI=1S/C16H12N2O/c1-11-3-6-14(10-18)16(7-11)19-15-8-13(9-17)5-4-12(15)2/h3-8H,1-2H3. The van der Waals surface area contributed by atoms with E-state index in [1.165, 1.54) is 0 Å². The van der Waals surface area contributed by atoms with Gasteiger partial charge in [0.25, 0.3) is 0 Å². The first-order valence-corrected chi connectivity index (χ1v) is 5.83. The van der Waals surface area contributed by atoms with E-state index >= 15 is 0 Å². The second-order valence-electron chi connectivity index (χ2n) is 4.31. The molecule has 3 heteroatoms. The van der Waals surface area contributed by atoms with Crippen LogP contribution in [-0.2, 0) is 0 Å². The molecular formula is C16H12N2O. The van der Waals surface area contributed by atoms with Gasteiger partial charge in [-0.1, -0.05) is 12.1 Å². The van der Waals surface area contributed by atoms with E-state index < -0.39 is 0 Å². The molecule has 0 aromatic heterocycles. The smallest absolute Gasteiger partial charge is 0.145 e. The van der Waals surface area contributed by atoms with Gasteiger partial charge in [-0.2, -0.15) is 10.5 Å². The molecule has 0 amide bonds. The van der Waals surface area contributed by atoms with E-state index in [4.69, 9.17) is 15.3 Å². The molecule has 2 rings (SSSR count). The topological polar surface area (TPSA) is 56.8 Å². The summed E-state index contributed by atoms with van der Waals surface area (Å²) in [6, 6.07) is 14.8. The van der Waals surface area contributed by atoms with Crippen molar-refractivity contribution in [1.82, 2.24) is 0 Å². The summed E-state index contributed by atoms with van der Waals surface area (Å²) in [6.07, 6.45) is 0. The number of aryl methyl sites for hydroxylation is 2. The number of nitrogens with zero attached hydrogens (tertiary/aromatic N) is 2. The monoisotopic (exact) mass is 248 g/mol. The zero-order chi connectivity index (χ0) is 13.8. The van der Waals surface area contributed by atoms with E-state index in [1.807, 2.05) is 32.0 Å². The summed E-state index contributed by atoms with van der Waals surface area (Å²) in [5.74, 6) is 1.11. The average molecular weight is 248 g/mol. The van der Waals surface area contributed by atoms with Crippen molar-refractivity contribution in [2.75, 3.05) is 0 Å². The highest BCUT2D eigenvalue weighted by Gasteiger charge is 2.08. The van der Waals surface area contributed by atoms with Crippen molar-refractivity contribution in [2.24, 2.45) is 0 Å². The first-order valence-electron chi connectivity index (χ1n) is 5.83. The highest BCUT2D eigenvalue weighted by atomic mass is 16.5. The van der Waals surface area contributed by atoms with Crippen LogP contribution in [0, 0.1) is 36.5 Å². The fourth-order valence-corrected chi connectivity index (χ4v) is 1.70. The van der Waals surface area contributed by atoms with Gasteiger partial charge < -0.3 is 4.74 Å². The van der Waals surface area contributed by atoms with Crippen molar-refractivity contribution in [3.63, 3.8) is 0 Å². The van der Waals surface area contributed by atoms with Crippen molar-refractivity contribution in [2.45, 2.75) is 13.8 Å². The minimum atomic E-state index is 0.479. The van der Waals surface area contributed by atoms with E-state index in [-0.39, 0.29) is 0 Å². The van der Waals surface area contributed by atoms with Gasteiger partial charge in [-0.05, 0) is 49.2 Å². The highest BCUT2D eigenvalue weighted by Crippen LogP contribution is 2.29. The normalized spacial score (nSPS) is 9.47. The summed E-state index contributed by atoms with van der Waals surface area (Å²) < 4.78 is 5.78. The molecule has 0 aliphatic rings. The fraction of sp³-hybridized carbons (Fsp3) is 0.125. The molecule has 0 N–H and O–H groups in total. The van der Waals surface area contributed by atoms with Crippen LogP contribution in [0.25, 0.3) is 0 Å². The Balaban J connectivity index is 2.45. The molecule has 0 aliphatic heterocycles. The van der Waals surface area contributed by atoms with Crippen LogP contribution in [0.15, 0.2) is 36.4 Å². The Morgan fingerprint density at radius 1 is 0.895 bits per heavy atom. The zero-order valence-electron chi connectivity index (χ0n) is 10.8. The average Bonchev–Trinajstić information content (AvgIpc) is 2.41. The number of nitriles is 2. The van der Waals surface area contributed by atoms with E-state index in [0.717, 1.165) is 11.1 Å². The number of ether oxygens (including phenoxy) is 1. The fourth-order valence-electron chi connectivity index (χ4n) is 1.70. The van der Waals surface area contributed by atoms with Crippen LogP contribution in [0.2, 0.25) is 0 Å². The molecule has 0 atom stereocenters. The van der Waals surface area contributed by atoms with Gasteiger partial charge in [0.1, 0.15) is 17.6 Å². The molecule has 0 fully saturated rings. The molecule has 0 saturated heterocycles. The van der Waals surface area contributed by atoms with E-state index in [0.29, 0.717) is 22.6 Å². The van der Waals surface area contributed by atoms with Crippen LogP contribution >= 0.6 is 0 Å². The van der Waals surface area contributed by atoms with Crippen molar-refractivity contribution in [3.8, 4) is 23.6 Å². The lowest BCUT2D eigenvalue weighted by Crippen LogP contribution is -1.92. The number of benzene rings is 2. The lowest BCUT2D eigenvalue weighted by molar-refractivity contribution is 0.477. The van der Waals surface area contributed by atoms with Crippen molar-refractivity contribution < 1.29 is 4.74 Å². The Morgan fingerprint density at radius 2 is 1.68 bits per heavy atom. The van der Waals surface area contributed by atoms with Crippen LogP contribution in [-0.4, -0.2) is 0 Å². The first-order chi connectivity index (χ1) is 9.13. The Hall–Kier alpha value is -2.78. The summed E-state index contributed by atoms with van der Waals surface area (Å²) in [7, 11) is 0. The molecule has 0 unspecified atom stereocenters. The second-order valence-corrected chi connectivity index (χ2v) is 4.31. The maximum atomic E-state index is 9.08. The van der Waals surface area contributed by atoms with Crippen LogP contribution in [0.4, 0.5) is 0 Å². The largest absolute Gasteiger partial charge is 0.456 e. The molecular weight excluding hydrogens is 236 g/mol. The van der Waals surface area contributed by atoms with Crippen LogP contribution in [0.3, 0.4) is 0 Å². The van der Waals surface area contributed by atoms with E-state index in [2.05, 4.69) is 12.1 Å². The van der Waals surface area contributed by atoms with Gasteiger partial charge in [-0.25, -0.2) is 0 Å². The maximum absolute atomic E-state index is 9.08. The van der Waals surface area contributed by atoms with Gasteiger partial charge in [-0.15, -0.1) is 0 Å².